The highest BCUT2D eigenvalue weighted by atomic mass is 35.5. The lowest BCUT2D eigenvalue weighted by atomic mass is 9.64. The topological polar surface area (TPSA) is 26.3 Å². The van der Waals surface area contributed by atoms with Crippen molar-refractivity contribution in [2.75, 3.05) is 0 Å². The Bertz CT molecular complexity index is 918. The van der Waals surface area contributed by atoms with E-state index in [0.29, 0.717) is 17.4 Å². The van der Waals surface area contributed by atoms with Gasteiger partial charge in [0.15, 0.2) is 0 Å². The number of ether oxygens (including phenoxy) is 1. The van der Waals surface area contributed by atoms with E-state index in [0.717, 1.165) is 30.4 Å². The number of hydrogen-bond donors (Lipinski definition) is 0. The smallest absolute Gasteiger partial charge is 0.343 e. The Morgan fingerprint density at radius 3 is 2.30 bits per heavy atom. The lowest BCUT2D eigenvalue weighted by Gasteiger charge is -2.41. The highest BCUT2D eigenvalue weighted by molar-refractivity contribution is 6.30. The molecule has 2 aliphatic rings. The molecule has 4 rings (SSSR count). The van der Waals surface area contributed by atoms with Crippen LogP contribution in [0.5, 0.6) is 5.75 Å². The van der Waals surface area contributed by atoms with Crippen molar-refractivity contribution in [1.29, 1.82) is 0 Å². The normalized spacial score (nSPS) is 26.0. The molecule has 2 aromatic carbocycles. The SMILES string of the molecule is C=CC1CCC2CC(c3ccc(C(=O)Oc4cc(F)c(Cl)c(F)c4)cc3)CCC2C1. The van der Waals surface area contributed by atoms with Gasteiger partial charge in [-0.1, -0.05) is 29.8 Å². The Morgan fingerprint density at radius 1 is 1.00 bits per heavy atom. The van der Waals surface area contributed by atoms with Crippen LogP contribution in [0.1, 0.15) is 60.4 Å². The van der Waals surface area contributed by atoms with Crippen molar-refractivity contribution in [3.05, 3.63) is 76.8 Å². The molecule has 0 N–H and O–H groups in total. The summed E-state index contributed by atoms with van der Waals surface area (Å²) in [6, 6.07) is 9.19. The molecule has 0 aliphatic heterocycles. The second-order valence-electron chi connectivity index (χ2n) is 8.55. The lowest BCUT2D eigenvalue weighted by Crippen LogP contribution is -2.29. The Labute approximate surface area is 180 Å². The lowest BCUT2D eigenvalue weighted by molar-refractivity contribution is 0.0734. The van der Waals surface area contributed by atoms with Crippen molar-refractivity contribution in [3.8, 4) is 5.75 Å². The minimum atomic E-state index is -0.965. The summed E-state index contributed by atoms with van der Waals surface area (Å²) < 4.78 is 32.2. The summed E-state index contributed by atoms with van der Waals surface area (Å²) in [6.45, 7) is 3.96. The molecule has 2 aromatic rings. The van der Waals surface area contributed by atoms with E-state index in [1.54, 1.807) is 12.1 Å². The summed E-state index contributed by atoms with van der Waals surface area (Å²) in [5.74, 6) is -0.0235. The van der Waals surface area contributed by atoms with Crippen LogP contribution in [0.2, 0.25) is 5.02 Å². The van der Waals surface area contributed by atoms with E-state index in [4.69, 9.17) is 16.3 Å². The standard InChI is InChI=1S/C25H25ClF2O2/c1-2-15-3-4-20-12-19(10-9-18(20)11-15)16-5-7-17(8-6-16)25(29)30-21-13-22(27)24(26)23(28)14-21/h2,5-8,13-15,18-20H,1,3-4,9-12H2. The molecule has 2 aliphatic carbocycles. The molecule has 0 saturated heterocycles. The first-order valence-corrected chi connectivity index (χ1v) is 10.9. The molecule has 5 heteroatoms. The van der Waals surface area contributed by atoms with E-state index in [2.05, 4.69) is 12.7 Å². The summed E-state index contributed by atoms with van der Waals surface area (Å²) in [5, 5.41) is -0.619. The predicted molar refractivity (Wildman–Crippen MR) is 114 cm³/mol. The Balaban J connectivity index is 1.39. The first kappa shape index (κ1) is 21.0. The van der Waals surface area contributed by atoms with Gasteiger partial charge in [-0.15, -0.1) is 6.58 Å². The number of halogens is 3. The van der Waals surface area contributed by atoms with Crippen LogP contribution in [0.25, 0.3) is 0 Å². The number of carbonyl (C=O) groups excluding carboxylic acids is 1. The Hall–Kier alpha value is -2.20. The fourth-order valence-electron chi connectivity index (χ4n) is 5.09. The van der Waals surface area contributed by atoms with Crippen LogP contribution in [-0.2, 0) is 0 Å². The fourth-order valence-corrected chi connectivity index (χ4v) is 5.20. The molecule has 30 heavy (non-hydrogen) atoms. The van der Waals surface area contributed by atoms with Gasteiger partial charge in [0.25, 0.3) is 0 Å². The second kappa shape index (κ2) is 8.89. The van der Waals surface area contributed by atoms with E-state index < -0.39 is 22.6 Å². The fraction of sp³-hybridized carbons (Fsp3) is 0.400. The molecule has 4 unspecified atom stereocenters. The van der Waals surface area contributed by atoms with Gasteiger partial charge in [0.2, 0.25) is 0 Å². The van der Waals surface area contributed by atoms with E-state index >= 15 is 0 Å². The zero-order chi connectivity index (χ0) is 21.3. The predicted octanol–water partition coefficient (Wildman–Crippen LogP) is 7.32. The van der Waals surface area contributed by atoms with Gasteiger partial charge in [-0.3, -0.25) is 0 Å². The summed E-state index contributed by atoms with van der Waals surface area (Å²) in [6.07, 6.45) is 9.52. The van der Waals surface area contributed by atoms with Gasteiger partial charge in [-0.2, -0.15) is 0 Å². The minimum absolute atomic E-state index is 0.211. The molecular weight excluding hydrogens is 406 g/mol. The minimum Gasteiger partial charge on any atom is -0.423 e. The van der Waals surface area contributed by atoms with Crippen LogP contribution in [0, 0.1) is 29.4 Å². The molecule has 158 valence electrons. The van der Waals surface area contributed by atoms with Crippen molar-refractivity contribution >= 4 is 17.6 Å². The van der Waals surface area contributed by atoms with Gasteiger partial charge in [-0.05, 0) is 79.9 Å². The molecule has 0 spiro atoms. The number of hydrogen-bond acceptors (Lipinski definition) is 2. The summed E-state index contributed by atoms with van der Waals surface area (Å²) in [5.41, 5.74) is 1.58. The molecule has 0 bridgehead atoms. The third-order valence-electron chi connectivity index (χ3n) is 6.77. The van der Waals surface area contributed by atoms with E-state index in [-0.39, 0.29) is 5.75 Å². The molecular formula is C25H25ClF2O2. The molecule has 2 saturated carbocycles. The summed E-state index contributed by atoms with van der Waals surface area (Å²) in [7, 11) is 0. The highest BCUT2D eigenvalue weighted by Crippen LogP contribution is 2.47. The summed E-state index contributed by atoms with van der Waals surface area (Å²) >= 11 is 5.46. The number of allylic oxidation sites excluding steroid dienone is 1. The molecule has 0 radical (unpaired) electrons. The van der Waals surface area contributed by atoms with Crippen molar-refractivity contribution in [3.63, 3.8) is 0 Å². The zero-order valence-electron chi connectivity index (χ0n) is 16.8. The molecule has 0 aromatic heterocycles. The van der Waals surface area contributed by atoms with Gasteiger partial charge >= 0.3 is 5.97 Å². The quantitative estimate of drug-likeness (QED) is 0.220. The maximum Gasteiger partial charge on any atom is 0.343 e. The maximum absolute atomic E-state index is 13.5. The van der Waals surface area contributed by atoms with Gasteiger partial charge in [-0.25, -0.2) is 13.6 Å². The third kappa shape index (κ3) is 4.44. The Kier molecular flexibility index (Phi) is 6.24. The average Bonchev–Trinajstić information content (AvgIpc) is 2.76. The van der Waals surface area contributed by atoms with Gasteiger partial charge < -0.3 is 4.74 Å². The molecule has 0 amide bonds. The third-order valence-corrected chi connectivity index (χ3v) is 7.13. The first-order valence-electron chi connectivity index (χ1n) is 10.5. The van der Waals surface area contributed by atoms with Crippen molar-refractivity contribution in [2.45, 2.75) is 44.4 Å². The zero-order valence-corrected chi connectivity index (χ0v) is 17.5. The average molecular weight is 431 g/mol. The van der Waals surface area contributed by atoms with Crippen LogP contribution >= 0.6 is 11.6 Å². The molecule has 2 fully saturated rings. The highest BCUT2D eigenvalue weighted by Gasteiger charge is 2.35. The van der Waals surface area contributed by atoms with Crippen LogP contribution < -0.4 is 4.74 Å². The number of carbonyl (C=O) groups is 1. The van der Waals surface area contributed by atoms with Crippen molar-refractivity contribution < 1.29 is 18.3 Å². The van der Waals surface area contributed by atoms with Crippen molar-refractivity contribution in [1.82, 2.24) is 0 Å². The molecule has 0 heterocycles. The van der Waals surface area contributed by atoms with E-state index in [1.165, 1.54) is 37.7 Å². The maximum atomic E-state index is 13.5. The van der Waals surface area contributed by atoms with E-state index in [9.17, 15) is 13.6 Å². The monoisotopic (exact) mass is 430 g/mol. The Morgan fingerprint density at radius 2 is 1.63 bits per heavy atom. The van der Waals surface area contributed by atoms with Gasteiger partial charge in [0.1, 0.15) is 22.4 Å². The molecule has 4 atom stereocenters. The number of fused-ring (bicyclic) bond motifs is 1. The van der Waals surface area contributed by atoms with E-state index in [1.807, 2.05) is 12.1 Å². The second-order valence-corrected chi connectivity index (χ2v) is 8.93. The van der Waals surface area contributed by atoms with Gasteiger partial charge in [0.05, 0.1) is 5.56 Å². The summed E-state index contributed by atoms with van der Waals surface area (Å²) in [4.78, 5) is 12.3. The van der Waals surface area contributed by atoms with Crippen LogP contribution in [0.4, 0.5) is 8.78 Å². The number of benzene rings is 2. The molecule has 2 nitrogen and oxygen atoms in total. The number of rotatable bonds is 4. The largest absolute Gasteiger partial charge is 0.423 e. The number of esters is 1. The van der Waals surface area contributed by atoms with Crippen molar-refractivity contribution in [2.24, 2.45) is 17.8 Å². The van der Waals surface area contributed by atoms with Crippen LogP contribution in [0.3, 0.4) is 0 Å². The van der Waals surface area contributed by atoms with Crippen LogP contribution in [-0.4, -0.2) is 5.97 Å². The first-order chi connectivity index (χ1) is 14.4. The van der Waals surface area contributed by atoms with Gasteiger partial charge in [0, 0.05) is 12.1 Å². The van der Waals surface area contributed by atoms with Crippen LogP contribution in [0.15, 0.2) is 49.1 Å².